The molecule has 0 aliphatic carbocycles. The third-order valence-electron chi connectivity index (χ3n) is 4.30. The summed E-state index contributed by atoms with van der Waals surface area (Å²) in [6.45, 7) is 6.84. The van der Waals surface area contributed by atoms with Crippen molar-refractivity contribution in [2.24, 2.45) is 5.73 Å². The highest BCUT2D eigenvalue weighted by Gasteiger charge is 1.98. The molecule has 0 aliphatic heterocycles. The Morgan fingerprint density at radius 1 is 0.857 bits per heavy atom. The van der Waals surface area contributed by atoms with E-state index in [1.54, 1.807) is 12.1 Å². The summed E-state index contributed by atoms with van der Waals surface area (Å²) in [6.07, 6.45) is 12.1. The Hall–Kier alpha value is -2.24. The van der Waals surface area contributed by atoms with Gasteiger partial charge in [0.2, 0.25) is 0 Å². The molecule has 0 aromatic heterocycles. The molecule has 5 N–H and O–H groups in total. The van der Waals surface area contributed by atoms with E-state index in [4.69, 9.17) is 10.8 Å². The Labute approximate surface area is 170 Å². The smallest absolute Gasteiger partial charge is 0.409 e. The first-order valence-electron chi connectivity index (χ1n) is 10.5. The molecule has 0 heterocycles. The largest absolute Gasteiger partial charge is 0.465 e. The number of carbonyl (C=O) groups excluding carboxylic acids is 1. The summed E-state index contributed by atoms with van der Waals surface area (Å²) in [6, 6.07) is 5.17. The van der Waals surface area contributed by atoms with Gasteiger partial charge in [-0.15, -0.1) is 0 Å². The van der Waals surface area contributed by atoms with Crippen LogP contribution in [0.4, 0.5) is 15.3 Å². The molecule has 0 bridgehead atoms. The van der Waals surface area contributed by atoms with Crippen LogP contribution >= 0.6 is 0 Å². The van der Waals surface area contributed by atoms with Crippen LogP contribution in [0.5, 0.6) is 0 Å². The minimum atomic E-state index is -1.03. The minimum absolute atomic E-state index is 0.407. The fraction of sp³-hybridized carbons (Fsp3) is 0.636. The summed E-state index contributed by atoms with van der Waals surface area (Å²) < 4.78 is 0. The number of rotatable bonds is 12. The molecule has 0 radical (unpaired) electrons. The summed E-state index contributed by atoms with van der Waals surface area (Å²) in [5.74, 6) is 0. The number of aryl methyl sites for hydroxylation is 2. The van der Waals surface area contributed by atoms with Gasteiger partial charge in [0.25, 0.3) is 0 Å². The number of benzene rings is 1. The third-order valence-corrected chi connectivity index (χ3v) is 4.30. The maximum absolute atomic E-state index is 10.4. The number of unbranched alkanes of at least 4 members (excludes halogenated alkanes) is 9. The number of nitrogens with one attached hydrogen (secondary N) is 2. The second-order valence-corrected chi connectivity index (χ2v) is 7.28. The monoisotopic (exact) mass is 393 g/mol. The van der Waals surface area contributed by atoms with E-state index in [-0.39, 0.29) is 0 Å². The molecule has 3 amide bonds. The molecule has 0 saturated heterocycles. The van der Waals surface area contributed by atoms with Gasteiger partial charge in [0.15, 0.2) is 0 Å². The number of hydrogen-bond acceptors (Lipinski definition) is 2. The fourth-order valence-corrected chi connectivity index (χ4v) is 2.99. The van der Waals surface area contributed by atoms with Gasteiger partial charge in [-0.25, -0.2) is 9.59 Å². The van der Waals surface area contributed by atoms with E-state index in [9.17, 15) is 9.59 Å². The summed E-state index contributed by atoms with van der Waals surface area (Å²) in [5, 5.41) is 13.4. The maximum Gasteiger partial charge on any atom is 0.409 e. The Morgan fingerprint density at radius 2 is 1.32 bits per heavy atom. The third kappa shape index (κ3) is 17.2. The zero-order valence-electron chi connectivity index (χ0n) is 17.9. The van der Waals surface area contributed by atoms with E-state index in [1.807, 2.05) is 19.9 Å². The van der Waals surface area contributed by atoms with E-state index >= 15 is 0 Å². The predicted molar refractivity (Wildman–Crippen MR) is 117 cm³/mol. The summed E-state index contributed by atoms with van der Waals surface area (Å²) in [4.78, 5) is 20.7. The highest BCUT2D eigenvalue weighted by molar-refractivity contribution is 5.83. The molecule has 28 heavy (non-hydrogen) atoms. The number of carboxylic acid groups (broad SMARTS) is 1. The van der Waals surface area contributed by atoms with Crippen LogP contribution in [0.1, 0.15) is 82.3 Å². The molecule has 0 saturated carbocycles. The first kappa shape index (κ1) is 25.8. The van der Waals surface area contributed by atoms with Crippen molar-refractivity contribution in [2.45, 2.75) is 85.0 Å². The Balaban J connectivity index is 0.000000540. The van der Waals surface area contributed by atoms with Gasteiger partial charge in [0.1, 0.15) is 0 Å². The van der Waals surface area contributed by atoms with Crippen LogP contribution in [0.3, 0.4) is 0 Å². The Kier molecular flexibility index (Phi) is 15.5. The Bertz CT molecular complexity index is 542. The summed E-state index contributed by atoms with van der Waals surface area (Å²) in [5.41, 5.74) is 7.70. The molecule has 1 aromatic carbocycles. The number of amides is 3. The van der Waals surface area contributed by atoms with Gasteiger partial charge in [-0.2, -0.15) is 0 Å². The highest BCUT2D eigenvalue weighted by Crippen LogP contribution is 2.13. The number of primary amides is 1. The van der Waals surface area contributed by atoms with Gasteiger partial charge in [0.05, 0.1) is 0 Å². The number of hydrogen-bond donors (Lipinski definition) is 4. The zero-order chi connectivity index (χ0) is 21.2. The lowest BCUT2D eigenvalue weighted by atomic mass is 10.1. The normalized spacial score (nSPS) is 9.96. The topological polar surface area (TPSA) is 104 Å². The van der Waals surface area contributed by atoms with Crippen molar-refractivity contribution in [3.8, 4) is 0 Å². The molecule has 1 aromatic rings. The van der Waals surface area contributed by atoms with Crippen molar-refractivity contribution in [3.63, 3.8) is 0 Å². The second-order valence-electron chi connectivity index (χ2n) is 7.28. The second kappa shape index (κ2) is 16.9. The van der Waals surface area contributed by atoms with Gasteiger partial charge in [-0.1, -0.05) is 70.8 Å². The average Bonchev–Trinajstić information content (AvgIpc) is 2.58. The highest BCUT2D eigenvalue weighted by atomic mass is 16.4. The van der Waals surface area contributed by atoms with E-state index in [1.165, 1.54) is 57.8 Å². The molecule has 0 spiro atoms. The SMILES string of the molecule is CCCCCCCCCCCCNC(N)=O.Cc1cc(C)cc(NC(=O)O)c1. The number of nitrogens with two attached hydrogens (primary N) is 1. The molecule has 6 heteroatoms. The van der Waals surface area contributed by atoms with Crippen molar-refractivity contribution in [1.82, 2.24) is 5.32 Å². The van der Waals surface area contributed by atoms with Gasteiger partial charge >= 0.3 is 12.1 Å². The number of carbonyl (C=O) groups is 2. The van der Waals surface area contributed by atoms with Gasteiger partial charge < -0.3 is 16.2 Å². The molecule has 0 fully saturated rings. The van der Waals surface area contributed by atoms with E-state index in [0.29, 0.717) is 5.69 Å². The molecule has 0 aliphatic rings. The van der Waals surface area contributed by atoms with Crippen molar-refractivity contribution >= 4 is 17.8 Å². The molecule has 160 valence electrons. The molecule has 1 rings (SSSR count). The first-order valence-corrected chi connectivity index (χ1v) is 10.5. The van der Waals surface area contributed by atoms with Crippen molar-refractivity contribution < 1.29 is 14.7 Å². The lowest BCUT2D eigenvalue weighted by Gasteiger charge is -2.03. The molecular formula is C22H39N3O3. The quantitative estimate of drug-likeness (QED) is 0.329. The lowest BCUT2D eigenvalue weighted by Crippen LogP contribution is -2.29. The summed E-state index contributed by atoms with van der Waals surface area (Å²) in [7, 11) is 0. The van der Waals surface area contributed by atoms with Crippen LogP contribution in [0, 0.1) is 13.8 Å². The van der Waals surface area contributed by atoms with Crippen molar-refractivity contribution in [2.75, 3.05) is 11.9 Å². The van der Waals surface area contributed by atoms with Crippen LogP contribution in [0.25, 0.3) is 0 Å². The molecule has 0 atom stereocenters. The van der Waals surface area contributed by atoms with E-state index < -0.39 is 12.1 Å². The molecule has 0 unspecified atom stereocenters. The van der Waals surface area contributed by atoms with Gasteiger partial charge in [-0.05, 0) is 43.5 Å². The van der Waals surface area contributed by atoms with Crippen molar-refractivity contribution in [1.29, 1.82) is 0 Å². The Morgan fingerprint density at radius 3 is 1.75 bits per heavy atom. The molecular weight excluding hydrogens is 354 g/mol. The predicted octanol–water partition coefficient (Wildman–Crippen LogP) is 5.97. The van der Waals surface area contributed by atoms with Crippen LogP contribution < -0.4 is 16.4 Å². The lowest BCUT2D eigenvalue weighted by molar-refractivity contribution is 0.209. The standard InChI is InChI=1S/C13H28N2O.C9H11NO2/c1-2-3-4-5-6-7-8-9-10-11-12-15-13(14)16;1-6-3-7(2)5-8(4-6)10-9(11)12/h2-12H2,1H3,(H3,14,15,16);3-5,10H,1-2H3,(H,11,12). The minimum Gasteiger partial charge on any atom is -0.465 e. The van der Waals surface area contributed by atoms with Crippen LogP contribution in [-0.4, -0.2) is 23.8 Å². The van der Waals surface area contributed by atoms with Gasteiger partial charge in [0, 0.05) is 12.2 Å². The van der Waals surface area contributed by atoms with Crippen molar-refractivity contribution in [3.05, 3.63) is 29.3 Å². The average molecular weight is 394 g/mol. The van der Waals surface area contributed by atoms with Crippen LogP contribution in [-0.2, 0) is 0 Å². The summed E-state index contributed by atoms with van der Waals surface area (Å²) >= 11 is 0. The van der Waals surface area contributed by atoms with Crippen LogP contribution in [0.15, 0.2) is 18.2 Å². The van der Waals surface area contributed by atoms with E-state index in [2.05, 4.69) is 17.6 Å². The van der Waals surface area contributed by atoms with Crippen LogP contribution in [0.2, 0.25) is 0 Å². The maximum atomic E-state index is 10.4. The molecule has 6 nitrogen and oxygen atoms in total. The first-order chi connectivity index (χ1) is 13.3. The van der Waals surface area contributed by atoms with Gasteiger partial charge in [-0.3, -0.25) is 5.32 Å². The van der Waals surface area contributed by atoms with E-state index in [0.717, 1.165) is 24.1 Å². The number of urea groups is 1. The zero-order valence-corrected chi connectivity index (χ0v) is 17.9. The number of anilines is 1. The fourth-order valence-electron chi connectivity index (χ4n) is 2.99.